The van der Waals surface area contributed by atoms with Crippen LogP contribution in [0.3, 0.4) is 0 Å². The van der Waals surface area contributed by atoms with Crippen molar-refractivity contribution in [3.8, 4) is 0 Å². The molecule has 0 spiro atoms. The molecule has 4 fully saturated rings. The van der Waals surface area contributed by atoms with Crippen molar-refractivity contribution >= 4 is 11.9 Å². The van der Waals surface area contributed by atoms with E-state index in [0.29, 0.717) is 11.8 Å². The van der Waals surface area contributed by atoms with Gasteiger partial charge in [-0.1, -0.05) is 34.1 Å². The van der Waals surface area contributed by atoms with Crippen molar-refractivity contribution in [2.75, 3.05) is 0 Å². The first kappa shape index (κ1) is 19.2. The lowest BCUT2D eigenvalue weighted by Gasteiger charge is -2.67. The number of rotatable bonds is 1. The predicted octanol–water partition coefficient (Wildman–Crippen LogP) is 3.68. The Balaban J connectivity index is 1.83. The highest BCUT2D eigenvalue weighted by Gasteiger charge is 2.70. The number of cyclic esters (lactones) is 1. The topological polar surface area (TPSA) is 72.8 Å². The van der Waals surface area contributed by atoms with E-state index in [0.717, 1.165) is 25.7 Å². The number of hydrogen-bond donors (Lipinski definition) is 1. The molecule has 3 aliphatic carbocycles. The van der Waals surface area contributed by atoms with Crippen LogP contribution in [0, 0.1) is 39.9 Å². The summed E-state index contributed by atoms with van der Waals surface area (Å²) in [5.74, 6) is -0.373. The third-order valence-electron chi connectivity index (χ3n) is 9.04. The molecule has 1 N–H and O–H groups in total. The molecule has 0 radical (unpaired) electrons. The van der Waals surface area contributed by atoms with Crippen molar-refractivity contribution in [2.24, 2.45) is 39.9 Å². The van der Waals surface area contributed by atoms with Crippen molar-refractivity contribution in [1.82, 2.24) is 0 Å². The van der Waals surface area contributed by atoms with Gasteiger partial charge < -0.3 is 14.6 Å². The summed E-state index contributed by atoms with van der Waals surface area (Å²) in [5.41, 5.74) is -0.119. The van der Waals surface area contributed by atoms with Crippen LogP contribution in [0.15, 0.2) is 0 Å². The number of fused-ring (bicyclic) bond motifs is 5. The quantitative estimate of drug-likeness (QED) is 0.705. The van der Waals surface area contributed by atoms with E-state index in [4.69, 9.17) is 9.47 Å². The van der Waals surface area contributed by atoms with E-state index in [1.54, 1.807) is 0 Å². The lowest BCUT2D eigenvalue weighted by molar-refractivity contribution is -0.248. The van der Waals surface area contributed by atoms with Crippen molar-refractivity contribution in [1.29, 1.82) is 0 Å². The molecule has 0 bridgehead atoms. The second kappa shape index (κ2) is 5.95. The van der Waals surface area contributed by atoms with E-state index in [1.165, 1.54) is 19.8 Å². The van der Waals surface area contributed by atoms with Crippen LogP contribution < -0.4 is 0 Å². The third-order valence-corrected chi connectivity index (χ3v) is 9.04. The van der Waals surface area contributed by atoms with E-state index in [-0.39, 0.29) is 40.7 Å². The molecule has 1 heterocycles. The molecule has 5 heteroatoms. The molecule has 8 unspecified atom stereocenters. The van der Waals surface area contributed by atoms with Gasteiger partial charge in [-0.05, 0) is 54.8 Å². The normalized spacial score (nSPS) is 50.8. The summed E-state index contributed by atoms with van der Waals surface area (Å²) in [6.45, 7) is 10.7. The number of aliphatic hydroxyl groups excluding tert-OH is 1. The zero-order valence-corrected chi connectivity index (χ0v) is 17.3. The molecule has 152 valence electrons. The average molecular weight is 379 g/mol. The minimum Gasteiger partial charge on any atom is -0.462 e. The molecule has 0 amide bonds. The summed E-state index contributed by atoms with van der Waals surface area (Å²) in [4.78, 5) is 24.3. The fourth-order valence-corrected chi connectivity index (χ4v) is 8.05. The Morgan fingerprint density at radius 1 is 1.15 bits per heavy atom. The molecule has 1 saturated heterocycles. The van der Waals surface area contributed by atoms with E-state index in [2.05, 4.69) is 27.7 Å². The van der Waals surface area contributed by atoms with Gasteiger partial charge in [0.15, 0.2) is 0 Å². The lowest BCUT2D eigenvalue weighted by atomic mass is 9.38. The van der Waals surface area contributed by atoms with Crippen molar-refractivity contribution in [3.05, 3.63) is 0 Å². The third kappa shape index (κ3) is 2.53. The largest absolute Gasteiger partial charge is 0.462 e. The minimum absolute atomic E-state index is 0.128. The first-order chi connectivity index (χ1) is 12.5. The van der Waals surface area contributed by atoms with Crippen molar-refractivity contribution < 1.29 is 24.2 Å². The summed E-state index contributed by atoms with van der Waals surface area (Å²) >= 11 is 0. The molecule has 8 atom stereocenters. The molecule has 4 aliphatic rings. The number of carbonyl (C=O) groups excluding carboxylic acids is 2. The second-order valence-corrected chi connectivity index (χ2v) is 10.7. The van der Waals surface area contributed by atoms with E-state index in [1.807, 2.05) is 0 Å². The first-order valence-electron chi connectivity index (χ1n) is 10.6. The summed E-state index contributed by atoms with van der Waals surface area (Å²) < 4.78 is 11.2. The Labute approximate surface area is 162 Å². The van der Waals surface area contributed by atoms with Gasteiger partial charge in [-0.25, -0.2) is 0 Å². The zero-order chi connectivity index (χ0) is 19.8. The summed E-state index contributed by atoms with van der Waals surface area (Å²) in [5, 5.41) is 10.6. The Bertz CT molecular complexity index is 657. The first-order valence-corrected chi connectivity index (χ1v) is 10.6. The van der Waals surface area contributed by atoms with Gasteiger partial charge in [0.05, 0.1) is 5.92 Å². The van der Waals surface area contributed by atoms with Gasteiger partial charge in [-0.15, -0.1) is 0 Å². The van der Waals surface area contributed by atoms with Gasteiger partial charge >= 0.3 is 11.9 Å². The minimum atomic E-state index is -1.09. The Morgan fingerprint density at radius 3 is 2.52 bits per heavy atom. The molecule has 4 rings (SSSR count). The maximum absolute atomic E-state index is 12.3. The van der Waals surface area contributed by atoms with E-state index >= 15 is 0 Å². The highest BCUT2D eigenvalue weighted by molar-refractivity contribution is 5.75. The van der Waals surface area contributed by atoms with Crippen LogP contribution in [-0.2, 0) is 19.1 Å². The number of carbonyl (C=O) groups is 2. The van der Waals surface area contributed by atoms with Crippen LogP contribution >= 0.6 is 0 Å². The second-order valence-electron chi connectivity index (χ2n) is 10.7. The SMILES string of the molecule is CC(=O)OC1CC2C(C)(C)CCCC2(C)C2CCC3C(=O)OC(O)C3C12C. The fraction of sp³-hybridized carbons (Fsp3) is 0.909. The van der Waals surface area contributed by atoms with Gasteiger partial charge in [-0.2, -0.15) is 0 Å². The maximum atomic E-state index is 12.3. The molecule has 3 saturated carbocycles. The van der Waals surface area contributed by atoms with Gasteiger partial charge in [0.1, 0.15) is 6.10 Å². The van der Waals surface area contributed by atoms with E-state index in [9.17, 15) is 14.7 Å². The molecule has 0 aromatic heterocycles. The van der Waals surface area contributed by atoms with Crippen LogP contribution in [0.2, 0.25) is 0 Å². The molecule has 27 heavy (non-hydrogen) atoms. The number of aliphatic hydroxyl groups is 1. The van der Waals surface area contributed by atoms with Crippen LogP contribution in [-0.4, -0.2) is 29.4 Å². The summed E-state index contributed by atoms with van der Waals surface area (Å²) in [6.07, 6.45) is 4.68. The van der Waals surface area contributed by atoms with Crippen LogP contribution in [0.25, 0.3) is 0 Å². The Kier molecular flexibility index (Phi) is 4.24. The molecular formula is C22H34O5. The van der Waals surface area contributed by atoms with E-state index < -0.39 is 11.7 Å². The molecule has 5 nitrogen and oxygen atoms in total. The van der Waals surface area contributed by atoms with Crippen LogP contribution in [0.5, 0.6) is 0 Å². The molecular weight excluding hydrogens is 344 g/mol. The number of esters is 2. The molecule has 0 aromatic carbocycles. The fourth-order valence-electron chi connectivity index (χ4n) is 8.05. The number of ether oxygens (including phenoxy) is 2. The predicted molar refractivity (Wildman–Crippen MR) is 99.3 cm³/mol. The molecule has 1 aliphatic heterocycles. The zero-order valence-electron chi connectivity index (χ0n) is 17.3. The van der Waals surface area contributed by atoms with Gasteiger partial charge in [0.2, 0.25) is 6.29 Å². The molecule has 0 aromatic rings. The summed E-state index contributed by atoms with van der Waals surface area (Å²) in [7, 11) is 0. The number of hydrogen-bond acceptors (Lipinski definition) is 5. The maximum Gasteiger partial charge on any atom is 0.311 e. The standard InChI is InChI=1S/C22H34O5/c1-12(23)26-16-11-15-20(2,3)9-6-10-21(15,4)14-8-7-13-17(22(14,16)5)19(25)27-18(13)24/h13-17,19,25H,6-11H2,1-5H3. The summed E-state index contributed by atoms with van der Waals surface area (Å²) in [6, 6.07) is 0. The Hall–Kier alpha value is -1.10. The van der Waals surface area contributed by atoms with Gasteiger partial charge in [-0.3, -0.25) is 9.59 Å². The van der Waals surface area contributed by atoms with Crippen molar-refractivity contribution in [3.63, 3.8) is 0 Å². The monoisotopic (exact) mass is 378 g/mol. The highest BCUT2D eigenvalue weighted by Crippen LogP contribution is 2.70. The Morgan fingerprint density at radius 2 is 1.85 bits per heavy atom. The average Bonchev–Trinajstić information content (AvgIpc) is 2.84. The van der Waals surface area contributed by atoms with Gasteiger partial charge in [0, 0.05) is 18.3 Å². The van der Waals surface area contributed by atoms with Crippen LogP contribution in [0.1, 0.15) is 73.1 Å². The van der Waals surface area contributed by atoms with Gasteiger partial charge in [0.25, 0.3) is 0 Å². The highest BCUT2D eigenvalue weighted by atomic mass is 16.6. The van der Waals surface area contributed by atoms with Crippen molar-refractivity contribution in [2.45, 2.75) is 85.5 Å². The van der Waals surface area contributed by atoms with Crippen LogP contribution in [0.4, 0.5) is 0 Å². The smallest absolute Gasteiger partial charge is 0.311 e. The lowest BCUT2D eigenvalue weighted by Crippen LogP contribution is -2.66.